The third kappa shape index (κ3) is 6.74. The minimum atomic E-state index is -0.819. The first-order valence-electron chi connectivity index (χ1n) is 9.17. The molecule has 0 bridgehead atoms. The normalized spacial score (nSPS) is 18.2. The standard InChI is InChI=1S/C19H20ClFN4O6/c1-28-19-23-6-11(7-24-19)5-22-18(27)15-8-31-17(10-30-15)25-16(26)9-29-12-2-3-13(20)14(21)4-12/h2-4,6-7,15,17H,5,8-10H2,1H3,(H,22,27)(H,25,26)/t15-,17+/m0/s1. The first-order chi connectivity index (χ1) is 14.9. The molecule has 166 valence electrons. The van der Waals surface area contributed by atoms with E-state index in [2.05, 4.69) is 20.6 Å². The van der Waals surface area contributed by atoms with E-state index in [1.165, 1.54) is 31.6 Å². The number of amides is 2. The minimum absolute atomic E-state index is 0.0228. The van der Waals surface area contributed by atoms with Crippen LogP contribution in [0.15, 0.2) is 30.6 Å². The molecule has 31 heavy (non-hydrogen) atoms. The van der Waals surface area contributed by atoms with Gasteiger partial charge in [-0.15, -0.1) is 0 Å². The molecular formula is C19H20ClFN4O6. The molecule has 1 aromatic heterocycles. The summed E-state index contributed by atoms with van der Waals surface area (Å²) in [4.78, 5) is 32.1. The molecule has 10 nitrogen and oxygen atoms in total. The van der Waals surface area contributed by atoms with Crippen molar-refractivity contribution in [3.63, 3.8) is 0 Å². The average Bonchev–Trinajstić information content (AvgIpc) is 2.79. The van der Waals surface area contributed by atoms with Crippen LogP contribution in [0.1, 0.15) is 5.56 Å². The molecular weight excluding hydrogens is 435 g/mol. The smallest absolute Gasteiger partial charge is 0.316 e. The fraction of sp³-hybridized carbons (Fsp3) is 0.368. The Labute approximate surface area is 182 Å². The number of hydrogen-bond donors (Lipinski definition) is 2. The van der Waals surface area contributed by atoms with Gasteiger partial charge in [-0.1, -0.05) is 11.6 Å². The molecule has 1 saturated heterocycles. The molecule has 1 aromatic carbocycles. The van der Waals surface area contributed by atoms with Gasteiger partial charge >= 0.3 is 6.01 Å². The second-order valence-electron chi connectivity index (χ2n) is 6.37. The summed E-state index contributed by atoms with van der Waals surface area (Å²) < 4.78 is 34.4. The second kappa shape index (κ2) is 10.8. The lowest BCUT2D eigenvalue weighted by atomic mass is 10.3. The highest BCUT2D eigenvalue weighted by atomic mass is 35.5. The van der Waals surface area contributed by atoms with Crippen LogP contribution in [-0.4, -0.2) is 61.0 Å². The van der Waals surface area contributed by atoms with E-state index in [4.69, 9.17) is 30.5 Å². The van der Waals surface area contributed by atoms with Crippen molar-refractivity contribution in [1.82, 2.24) is 20.6 Å². The maximum atomic E-state index is 13.4. The summed E-state index contributed by atoms with van der Waals surface area (Å²) in [6, 6.07) is 4.09. The average molecular weight is 455 g/mol. The number of methoxy groups -OCH3 is 1. The molecule has 2 N–H and O–H groups in total. The maximum Gasteiger partial charge on any atom is 0.316 e. The van der Waals surface area contributed by atoms with Crippen LogP contribution >= 0.6 is 11.6 Å². The zero-order valence-corrected chi connectivity index (χ0v) is 17.2. The van der Waals surface area contributed by atoms with E-state index in [0.29, 0.717) is 5.56 Å². The Morgan fingerprint density at radius 1 is 1.26 bits per heavy atom. The summed E-state index contributed by atoms with van der Waals surface area (Å²) >= 11 is 5.59. The van der Waals surface area contributed by atoms with Crippen LogP contribution in [0.5, 0.6) is 11.8 Å². The molecule has 1 aliphatic heterocycles. The Balaban J connectivity index is 1.35. The van der Waals surface area contributed by atoms with Gasteiger partial charge in [-0.05, 0) is 12.1 Å². The number of carbonyl (C=O) groups excluding carboxylic acids is 2. The van der Waals surface area contributed by atoms with Gasteiger partial charge in [0.25, 0.3) is 11.8 Å². The van der Waals surface area contributed by atoms with Gasteiger partial charge in [0.1, 0.15) is 11.6 Å². The molecule has 2 amide bonds. The molecule has 0 radical (unpaired) electrons. The van der Waals surface area contributed by atoms with Crippen molar-refractivity contribution in [1.29, 1.82) is 0 Å². The molecule has 3 rings (SSSR count). The van der Waals surface area contributed by atoms with Crippen LogP contribution in [0.3, 0.4) is 0 Å². The van der Waals surface area contributed by atoms with Crippen LogP contribution < -0.4 is 20.1 Å². The van der Waals surface area contributed by atoms with Crippen molar-refractivity contribution in [2.75, 3.05) is 26.9 Å². The SMILES string of the molecule is COc1ncc(CNC(=O)[C@@H]2CO[C@@H](NC(=O)COc3ccc(Cl)c(F)c3)CO2)cn1. The van der Waals surface area contributed by atoms with Crippen LogP contribution in [0.4, 0.5) is 4.39 Å². The van der Waals surface area contributed by atoms with Crippen LogP contribution in [0.25, 0.3) is 0 Å². The van der Waals surface area contributed by atoms with Crippen LogP contribution in [-0.2, 0) is 25.6 Å². The van der Waals surface area contributed by atoms with Crippen molar-refractivity contribution in [3.05, 3.63) is 47.0 Å². The Kier molecular flexibility index (Phi) is 7.93. The third-order valence-corrected chi connectivity index (χ3v) is 4.41. The molecule has 1 fully saturated rings. The molecule has 0 aliphatic carbocycles. The van der Waals surface area contributed by atoms with E-state index in [9.17, 15) is 14.0 Å². The predicted octanol–water partition coefficient (Wildman–Crippen LogP) is 0.831. The van der Waals surface area contributed by atoms with Crippen LogP contribution in [0, 0.1) is 5.82 Å². The van der Waals surface area contributed by atoms with Gasteiger partial charge in [0.15, 0.2) is 18.9 Å². The van der Waals surface area contributed by atoms with Crippen molar-refractivity contribution in [2.45, 2.75) is 18.9 Å². The van der Waals surface area contributed by atoms with Gasteiger partial charge in [0.2, 0.25) is 0 Å². The van der Waals surface area contributed by atoms with Crippen molar-refractivity contribution >= 4 is 23.4 Å². The molecule has 2 atom stereocenters. The van der Waals surface area contributed by atoms with Gasteiger partial charge in [-0.25, -0.2) is 14.4 Å². The van der Waals surface area contributed by atoms with Crippen molar-refractivity contribution in [3.8, 4) is 11.8 Å². The molecule has 2 aromatic rings. The summed E-state index contributed by atoms with van der Waals surface area (Å²) in [5.41, 5.74) is 0.691. The van der Waals surface area contributed by atoms with Crippen LogP contribution in [0.2, 0.25) is 5.02 Å². The van der Waals surface area contributed by atoms with Gasteiger partial charge in [0, 0.05) is 30.6 Å². The van der Waals surface area contributed by atoms with E-state index in [0.717, 1.165) is 6.07 Å². The highest BCUT2D eigenvalue weighted by Gasteiger charge is 2.28. The van der Waals surface area contributed by atoms with Gasteiger partial charge in [-0.2, -0.15) is 0 Å². The number of nitrogens with zero attached hydrogens (tertiary/aromatic N) is 2. The van der Waals surface area contributed by atoms with E-state index in [-0.39, 0.29) is 49.1 Å². The molecule has 0 spiro atoms. The summed E-state index contributed by atoms with van der Waals surface area (Å²) in [5.74, 6) is -1.34. The van der Waals surface area contributed by atoms with Crippen molar-refractivity contribution < 1.29 is 32.9 Å². The number of halogens is 2. The third-order valence-electron chi connectivity index (χ3n) is 4.10. The van der Waals surface area contributed by atoms with E-state index in [1.807, 2.05) is 0 Å². The summed E-state index contributed by atoms with van der Waals surface area (Å²) in [6.45, 7) is -0.204. The Hall–Kier alpha value is -3.02. The highest BCUT2D eigenvalue weighted by Crippen LogP contribution is 2.20. The lowest BCUT2D eigenvalue weighted by Crippen LogP contribution is -2.51. The molecule has 0 saturated carbocycles. The largest absolute Gasteiger partial charge is 0.484 e. The quantitative estimate of drug-likeness (QED) is 0.601. The zero-order valence-electron chi connectivity index (χ0n) is 16.5. The number of benzene rings is 1. The molecule has 12 heteroatoms. The molecule has 0 unspecified atom stereocenters. The number of rotatable bonds is 8. The first-order valence-corrected chi connectivity index (χ1v) is 9.55. The number of ether oxygens (including phenoxy) is 4. The number of carbonyl (C=O) groups is 2. The fourth-order valence-electron chi connectivity index (χ4n) is 2.52. The summed E-state index contributed by atoms with van der Waals surface area (Å²) in [7, 11) is 1.46. The second-order valence-corrected chi connectivity index (χ2v) is 6.78. The van der Waals surface area contributed by atoms with E-state index in [1.54, 1.807) is 0 Å². The topological polar surface area (TPSA) is 121 Å². The highest BCUT2D eigenvalue weighted by molar-refractivity contribution is 6.30. The fourth-order valence-corrected chi connectivity index (χ4v) is 2.63. The predicted molar refractivity (Wildman–Crippen MR) is 105 cm³/mol. The Morgan fingerprint density at radius 2 is 2.03 bits per heavy atom. The maximum absolute atomic E-state index is 13.4. The van der Waals surface area contributed by atoms with E-state index >= 15 is 0 Å². The molecule has 1 aliphatic rings. The van der Waals surface area contributed by atoms with Gasteiger partial charge in [0.05, 0.1) is 25.3 Å². The Morgan fingerprint density at radius 3 is 2.68 bits per heavy atom. The lowest BCUT2D eigenvalue weighted by Gasteiger charge is -2.29. The van der Waals surface area contributed by atoms with E-state index < -0.39 is 24.1 Å². The first kappa shape index (κ1) is 22.7. The number of hydrogen-bond acceptors (Lipinski definition) is 8. The van der Waals surface area contributed by atoms with Crippen molar-refractivity contribution in [2.24, 2.45) is 0 Å². The Bertz CT molecular complexity index is 909. The lowest BCUT2D eigenvalue weighted by molar-refractivity contribution is -0.168. The zero-order chi connectivity index (χ0) is 22.2. The van der Waals surface area contributed by atoms with Gasteiger partial charge < -0.3 is 29.6 Å². The minimum Gasteiger partial charge on any atom is -0.484 e. The summed E-state index contributed by atoms with van der Waals surface area (Å²) in [5, 5.41) is 5.21. The summed E-state index contributed by atoms with van der Waals surface area (Å²) in [6.07, 6.45) is 1.52. The number of nitrogens with one attached hydrogen (secondary N) is 2. The molecule has 2 heterocycles. The monoisotopic (exact) mass is 454 g/mol. The van der Waals surface area contributed by atoms with Gasteiger partial charge in [-0.3, -0.25) is 9.59 Å². The number of aromatic nitrogens is 2.